The highest BCUT2D eigenvalue weighted by molar-refractivity contribution is 5.97. The molecule has 2 nitrogen and oxygen atoms in total. The molecule has 0 aromatic heterocycles. The lowest BCUT2D eigenvalue weighted by atomic mass is 10.0. The largest absolute Gasteiger partial charge is 0.302 e. The average Bonchev–Trinajstić information content (AvgIpc) is 2.34. The van der Waals surface area contributed by atoms with Crippen LogP contribution in [-0.4, -0.2) is 31.3 Å². The van der Waals surface area contributed by atoms with Crippen LogP contribution in [0.25, 0.3) is 0 Å². The van der Waals surface area contributed by atoms with Crippen LogP contribution >= 0.6 is 0 Å². The monoisotopic (exact) mass is 247 g/mol. The van der Waals surface area contributed by atoms with Gasteiger partial charge in [-0.3, -0.25) is 4.79 Å². The molecule has 0 saturated carbocycles. The molecule has 100 valence electrons. The van der Waals surface area contributed by atoms with Crippen molar-refractivity contribution in [2.24, 2.45) is 0 Å². The SMILES string of the molecule is CCCCCCc1ccc(C(=O)CN(C)C)cc1. The lowest BCUT2D eigenvalue weighted by molar-refractivity contribution is 0.0958. The smallest absolute Gasteiger partial charge is 0.176 e. The number of rotatable bonds is 8. The maximum atomic E-state index is 11.8. The number of benzene rings is 1. The van der Waals surface area contributed by atoms with E-state index in [4.69, 9.17) is 0 Å². The average molecular weight is 247 g/mol. The minimum absolute atomic E-state index is 0.192. The van der Waals surface area contributed by atoms with Crippen molar-refractivity contribution in [3.8, 4) is 0 Å². The van der Waals surface area contributed by atoms with Gasteiger partial charge in [-0.25, -0.2) is 0 Å². The molecule has 0 aliphatic carbocycles. The zero-order chi connectivity index (χ0) is 13.4. The molecule has 0 amide bonds. The normalized spacial score (nSPS) is 10.9. The highest BCUT2D eigenvalue weighted by atomic mass is 16.1. The number of aryl methyl sites for hydroxylation is 1. The molecule has 0 N–H and O–H groups in total. The molecule has 0 aliphatic rings. The number of hydrogen-bond acceptors (Lipinski definition) is 2. The molecule has 0 fully saturated rings. The molecule has 0 saturated heterocycles. The molecule has 0 unspecified atom stereocenters. The molecule has 0 spiro atoms. The second-order valence-corrected chi connectivity index (χ2v) is 5.17. The maximum absolute atomic E-state index is 11.8. The van der Waals surface area contributed by atoms with Gasteiger partial charge in [0.05, 0.1) is 6.54 Å². The van der Waals surface area contributed by atoms with Crippen molar-refractivity contribution in [3.63, 3.8) is 0 Å². The number of carbonyl (C=O) groups is 1. The number of unbranched alkanes of at least 4 members (excludes halogenated alkanes) is 3. The Morgan fingerprint density at radius 2 is 1.72 bits per heavy atom. The van der Waals surface area contributed by atoms with Crippen molar-refractivity contribution in [1.29, 1.82) is 0 Å². The third-order valence-electron chi connectivity index (χ3n) is 3.05. The van der Waals surface area contributed by atoms with Gasteiger partial charge in [-0.1, -0.05) is 50.5 Å². The Hall–Kier alpha value is -1.15. The van der Waals surface area contributed by atoms with Crippen LogP contribution in [0.5, 0.6) is 0 Å². The molecule has 0 atom stereocenters. The van der Waals surface area contributed by atoms with Crippen molar-refractivity contribution in [2.75, 3.05) is 20.6 Å². The third kappa shape index (κ3) is 5.46. The Bertz CT molecular complexity index is 354. The van der Waals surface area contributed by atoms with Gasteiger partial charge in [0, 0.05) is 5.56 Å². The van der Waals surface area contributed by atoms with Crippen LogP contribution in [0.2, 0.25) is 0 Å². The van der Waals surface area contributed by atoms with E-state index in [1.165, 1.54) is 31.2 Å². The molecule has 1 aromatic rings. The van der Waals surface area contributed by atoms with E-state index < -0.39 is 0 Å². The van der Waals surface area contributed by atoms with Crippen LogP contribution < -0.4 is 0 Å². The maximum Gasteiger partial charge on any atom is 0.176 e. The van der Waals surface area contributed by atoms with Gasteiger partial charge in [0.1, 0.15) is 0 Å². The first-order valence-corrected chi connectivity index (χ1v) is 6.90. The highest BCUT2D eigenvalue weighted by Crippen LogP contribution is 2.10. The number of Topliss-reactive ketones (excluding diaryl/α,β-unsaturated/α-hetero) is 1. The standard InChI is InChI=1S/C16H25NO/c1-4-5-6-7-8-14-9-11-15(12-10-14)16(18)13-17(2)3/h9-12H,4-8,13H2,1-3H3. The van der Waals surface area contributed by atoms with Gasteiger partial charge in [0.25, 0.3) is 0 Å². The zero-order valence-corrected chi connectivity index (χ0v) is 11.9. The van der Waals surface area contributed by atoms with E-state index in [0.717, 1.165) is 12.0 Å². The van der Waals surface area contributed by atoms with Gasteiger partial charge in [0.15, 0.2) is 5.78 Å². The van der Waals surface area contributed by atoms with Crippen LogP contribution in [-0.2, 0) is 6.42 Å². The molecule has 0 bridgehead atoms. The summed E-state index contributed by atoms with van der Waals surface area (Å²) in [4.78, 5) is 13.7. The van der Waals surface area contributed by atoms with Crippen molar-refractivity contribution < 1.29 is 4.79 Å². The Morgan fingerprint density at radius 3 is 2.28 bits per heavy atom. The Balaban J connectivity index is 2.44. The number of likely N-dealkylation sites (N-methyl/N-ethyl adjacent to an activating group) is 1. The Kier molecular flexibility index (Phi) is 6.66. The Labute approximate surface area is 111 Å². The second kappa shape index (κ2) is 8.04. The molecule has 1 aromatic carbocycles. The van der Waals surface area contributed by atoms with Crippen LogP contribution in [0.1, 0.15) is 48.5 Å². The molecule has 0 aliphatic heterocycles. The van der Waals surface area contributed by atoms with Gasteiger partial charge in [-0.15, -0.1) is 0 Å². The summed E-state index contributed by atoms with van der Waals surface area (Å²) in [5.41, 5.74) is 2.16. The Morgan fingerprint density at radius 1 is 1.06 bits per heavy atom. The van der Waals surface area contributed by atoms with Gasteiger partial charge in [-0.2, -0.15) is 0 Å². The highest BCUT2D eigenvalue weighted by Gasteiger charge is 2.06. The zero-order valence-electron chi connectivity index (χ0n) is 11.9. The number of hydrogen-bond donors (Lipinski definition) is 0. The second-order valence-electron chi connectivity index (χ2n) is 5.17. The first-order chi connectivity index (χ1) is 8.63. The lowest BCUT2D eigenvalue weighted by Gasteiger charge is -2.08. The summed E-state index contributed by atoms with van der Waals surface area (Å²) in [7, 11) is 3.83. The van der Waals surface area contributed by atoms with E-state index in [9.17, 15) is 4.79 Å². The number of carbonyl (C=O) groups excluding carboxylic acids is 1. The van der Waals surface area contributed by atoms with E-state index in [2.05, 4.69) is 19.1 Å². The fourth-order valence-corrected chi connectivity index (χ4v) is 1.99. The van der Waals surface area contributed by atoms with Crippen molar-refractivity contribution >= 4 is 5.78 Å². The fourth-order valence-electron chi connectivity index (χ4n) is 1.99. The molecule has 0 heterocycles. The van der Waals surface area contributed by atoms with Gasteiger partial charge < -0.3 is 4.90 Å². The van der Waals surface area contributed by atoms with E-state index in [0.29, 0.717) is 6.54 Å². The van der Waals surface area contributed by atoms with Crippen LogP contribution in [0, 0.1) is 0 Å². The predicted molar refractivity (Wildman–Crippen MR) is 77.2 cm³/mol. The van der Waals surface area contributed by atoms with E-state index in [1.54, 1.807) is 0 Å². The summed E-state index contributed by atoms with van der Waals surface area (Å²) in [6, 6.07) is 8.10. The number of nitrogens with zero attached hydrogens (tertiary/aromatic N) is 1. The fraction of sp³-hybridized carbons (Fsp3) is 0.562. The molecular formula is C16H25NO. The summed E-state index contributed by atoms with van der Waals surface area (Å²) in [6.45, 7) is 2.71. The lowest BCUT2D eigenvalue weighted by Crippen LogP contribution is -2.21. The minimum atomic E-state index is 0.192. The number of ketones is 1. The predicted octanol–water partition coefficient (Wildman–Crippen LogP) is 3.55. The first kappa shape index (κ1) is 14.9. The van der Waals surface area contributed by atoms with Crippen molar-refractivity contribution in [1.82, 2.24) is 4.90 Å². The molecule has 18 heavy (non-hydrogen) atoms. The summed E-state index contributed by atoms with van der Waals surface area (Å²) in [6.07, 6.45) is 6.27. The third-order valence-corrected chi connectivity index (χ3v) is 3.05. The van der Waals surface area contributed by atoms with E-state index >= 15 is 0 Å². The van der Waals surface area contributed by atoms with Crippen LogP contribution in [0.4, 0.5) is 0 Å². The molecule has 1 rings (SSSR count). The van der Waals surface area contributed by atoms with Gasteiger partial charge >= 0.3 is 0 Å². The first-order valence-electron chi connectivity index (χ1n) is 6.90. The molecule has 0 radical (unpaired) electrons. The molecular weight excluding hydrogens is 222 g/mol. The minimum Gasteiger partial charge on any atom is -0.302 e. The van der Waals surface area contributed by atoms with E-state index in [1.807, 2.05) is 31.1 Å². The van der Waals surface area contributed by atoms with Crippen LogP contribution in [0.3, 0.4) is 0 Å². The van der Waals surface area contributed by atoms with Crippen LogP contribution in [0.15, 0.2) is 24.3 Å². The van der Waals surface area contributed by atoms with Gasteiger partial charge in [-0.05, 0) is 32.5 Å². The summed E-state index contributed by atoms with van der Waals surface area (Å²) in [5.74, 6) is 0.192. The van der Waals surface area contributed by atoms with Crippen molar-refractivity contribution in [3.05, 3.63) is 35.4 Å². The van der Waals surface area contributed by atoms with E-state index in [-0.39, 0.29) is 5.78 Å². The van der Waals surface area contributed by atoms with Crippen molar-refractivity contribution in [2.45, 2.75) is 39.0 Å². The topological polar surface area (TPSA) is 20.3 Å². The quantitative estimate of drug-likeness (QED) is 0.517. The summed E-state index contributed by atoms with van der Waals surface area (Å²) >= 11 is 0. The molecule has 2 heteroatoms. The summed E-state index contributed by atoms with van der Waals surface area (Å²) in [5, 5.41) is 0. The summed E-state index contributed by atoms with van der Waals surface area (Å²) < 4.78 is 0. The van der Waals surface area contributed by atoms with Gasteiger partial charge in [0.2, 0.25) is 0 Å².